The number of rotatable bonds is 0. The lowest BCUT2D eigenvalue weighted by molar-refractivity contribution is 0.414. The zero-order valence-electron chi connectivity index (χ0n) is 4.93. The molecular formula is C5H9NO2. The molecule has 0 saturated heterocycles. The fourth-order valence-corrected chi connectivity index (χ4v) is 0.342. The Kier molecular flexibility index (Phi) is 2.21. The van der Waals surface area contributed by atoms with E-state index in [2.05, 4.69) is 9.68 Å². The molecule has 1 heterocycles. The van der Waals surface area contributed by atoms with Crippen molar-refractivity contribution >= 4 is 0 Å². The first-order valence-corrected chi connectivity index (χ1v) is 2.18. The van der Waals surface area contributed by atoms with Gasteiger partial charge < -0.3 is 10.00 Å². The van der Waals surface area contributed by atoms with Crippen LogP contribution in [0.5, 0.6) is 0 Å². The second-order valence-corrected chi connectivity index (χ2v) is 1.58. The molecule has 0 aliphatic carbocycles. The Morgan fingerprint density at radius 1 is 1.50 bits per heavy atom. The summed E-state index contributed by atoms with van der Waals surface area (Å²) in [7, 11) is 0. The standard InChI is InChI=1S/C5H7NO.H2O/c1-4-3-7-6-5(4)2;/h3H,1-2H3;1H2. The molecule has 0 radical (unpaired) electrons. The minimum atomic E-state index is 0. The van der Waals surface area contributed by atoms with Crippen molar-refractivity contribution in [3.05, 3.63) is 17.5 Å². The summed E-state index contributed by atoms with van der Waals surface area (Å²) in [5.74, 6) is 0. The Labute approximate surface area is 47.6 Å². The predicted molar refractivity (Wildman–Crippen MR) is 29.6 cm³/mol. The van der Waals surface area contributed by atoms with Gasteiger partial charge in [-0.1, -0.05) is 5.16 Å². The lowest BCUT2D eigenvalue weighted by Gasteiger charge is -1.74. The van der Waals surface area contributed by atoms with E-state index in [1.807, 2.05) is 13.8 Å². The minimum absolute atomic E-state index is 0. The summed E-state index contributed by atoms with van der Waals surface area (Å²) in [5.41, 5.74) is 2.08. The van der Waals surface area contributed by atoms with Crippen LogP contribution in [0.4, 0.5) is 0 Å². The fourth-order valence-electron chi connectivity index (χ4n) is 0.342. The van der Waals surface area contributed by atoms with Crippen molar-refractivity contribution in [1.29, 1.82) is 0 Å². The van der Waals surface area contributed by atoms with Crippen LogP contribution in [0.2, 0.25) is 0 Å². The maximum atomic E-state index is 4.59. The van der Waals surface area contributed by atoms with Gasteiger partial charge in [0, 0.05) is 5.56 Å². The summed E-state index contributed by atoms with van der Waals surface area (Å²) in [6.07, 6.45) is 1.63. The van der Waals surface area contributed by atoms with E-state index in [1.165, 1.54) is 0 Å². The van der Waals surface area contributed by atoms with Crippen molar-refractivity contribution in [1.82, 2.24) is 5.16 Å². The van der Waals surface area contributed by atoms with Gasteiger partial charge in [-0.05, 0) is 13.8 Å². The zero-order chi connectivity index (χ0) is 5.28. The number of hydrogen-bond acceptors (Lipinski definition) is 2. The molecule has 0 aliphatic heterocycles. The van der Waals surface area contributed by atoms with E-state index in [4.69, 9.17) is 0 Å². The molecular weight excluding hydrogens is 106 g/mol. The van der Waals surface area contributed by atoms with Crippen LogP contribution in [-0.4, -0.2) is 10.6 Å². The lowest BCUT2D eigenvalue weighted by atomic mass is 10.3. The van der Waals surface area contributed by atoms with Crippen molar-refractivity contribution in [3.63, 3.8) is 0 Å². The van der Waals surface area contributed by atoms with E-state index in [1.54, 1.807) is 6.26 Å². The van der Waals surface area contributed by atoms with E-state index < -0.39 is 0 Å². The molecule has 8 heavy (non-hydrogen) atoms. The first-order chi connectivity index (χ1) is 3.30. The van der Waals surface area contributed by atoms with Crippen LogP contribution >= 0.6 is 0 Å². The average Bonchev–Trinajstić information content (AvgIpc) is 1.91. The summed E-state index contributed by atoms with van der Waals surface area (Å²) in [5, 5.41) is 3.64. The SMILES string of the molecule is Cc1conc1C.O. The summed E-state index contributed by atoms with van der Waals surface area (Å²) < 4.78 is 4.59. The topological polar surface area (TPSA) is 57.5 Å². The lowest BCUT2D eigenvalue weighted by Crippen LogP contribution is -1.69. The molecule has 1 rings (SSSR count). The third kappa shape index (κ3) is 1.07. The fraction of sp³-hybridized carbons (Fsp3) is 0.400. The third-order valence-corrected chi connectivity index (χ3v) is 0.990. The van der Waals surface area contributed by atoms with E-state index in [0.717, 1.165) is 11.3 Å². The van der Waals surface area contributed by atoms with Crippen LogP contribution in [0.3, 0.4) is 0 Å². The molecule has 0 atom stereocenters. The van der Waals surface area contributed by atoms with E-state index in [-0.39, 0.29) is 5.48 Å². The van der Waals surface area contributed by atoms with Gasteiger partial charge in [0.05, 0.1) is 5.69 Å². The second kappa shape index (κ2) is 2.47. The Hall–Kier alpha value is -0.830. The molecule has 0 aromatic carbocycles. The van der Waals surface area contributed by atoms with Crippen LogP contribution in [0, 0.1) is 13.8 Å². The predicted octanol–water partition coefficient (Wildman–Crippen LogP) is 0.467. The summed E-state index contributed by atoms with van der Waals surface area (Å²) in [6, 6.07) is 0. The van der Waals surface area contributed by atoms with Gasteiger partial charge >= 0.3 is 0 Å². The molecule has 3 nitrogen and oxygen atoms in total. The molecule has 46 valence electrons. The maximum Gasteiger partial charge on any atom is 0.126 e. The van der Waals surface area contributed by atoms with E-state index in [0.29, 0.717) is 0 Å². The molecule has 0 bridgehead atoms. The van der Waals surface area contributed by atoms with E-state index in [9.17, 15) is 0 Å². The molecule has 0 unspecified atom stereocenters. The third-order valence-electron chi connectivity index (χ3n) is 0.990. The number of hydrogen-bond donors (Lipinski definition) is 0. The molecule has 3 heteroatoms. The van der Waals surface area contributed by atoms with Gasteiger partial charge in [0.15, 0.2) is 0 Å². The molecule has 0 saturated carbocycles. The van der Waals surface area contributed by atoms with Crippen molar-refractivity contribution in [2.24, 2.45) is 0 Å². The highest BCUT2D eigenvalue weighted by molar-refractivity contribution is 5.08. The van der Waals surface area contributed by atoms with Gasteiger partial charge in [0.25, 0.3) is 0 Å². The normalized spacial score (nSPS) is 8.25. The van der Waals surface area contributed by atoms with Gasteiger partial charge in [0.1, 0.15) is 6.26 Å². The second-order valence-electron chi connectivity index (χ2n) is 1.58. The quantitative estimate of drug-likeness (QED) is 0.493. The highest BCUT2D eigenvalue weighted by Crippen LogP contribution is 1.99. The molecule has 0 spiro atoms. The van der Waals surface area contributed by atoms with Crippen LogP contribution in [0.1, 0.15) is 11.3 Å². The van der Waals surface area contributed by atoms with Gasteiger partial charge in [-0.3, -0.25) is 0 Å². The van der Waals surface area contributed by atoms with Crippen molar-refractivity contribution in [3.8, 4) is 0 Å². The highest BCUT2D eigenvalue weighted by Gasteiger charge is 1.90. The minimum Gasteiger partial charge on any atom is -0.412 e. The summed E-state index contributed by atoms with van der Waals surface area (Å²) in [6.45, 7) is 3.88. The van der Waals surface area contributed by atoms with Gasteiger partial charge in [-0.2, -0.15) is 0 Å². The van der Waals surface area contributed by atoms with Crippen LogP contribution in [0.25, 0.3) is 0 Å². The highest BCUT2D eigenvalue weighted by atomic mass is 16.5. The molecule has 1 aromatic heterocycles. The van der Waals surface area contributed by atoms with Crippen LogP contribution < -0.4 is 0 Å². The molecule has 2 N–H and O–H groups in total. The Morgan fingerprint density at radius 2 is 2.12 bits per heavy atom. The van der Waals surface area contributed by atoms with Gasteiger partial charge in [-0.15, -0.1) is 0 Å². The van der Waals surface area contributed by atoms with Crippen LogP contribution in [-0.2, 0) is 0 Å². The van der Waals surface area contributed by atoms with Crippen molar-refractivity contribution < 1.29 is 10.00 Å². The van der Waals surface area contributed by atoms with Gasteiger partial charge in [0.2, 0.25) is 0 Å². The monoisotopic (exact) mass is 115 g/mol. The van der Waals surface area contributed by atoms with Gasteiger partial charge in [-0.25, -0.2) is 0 Å². The molecule has 0 fully saturated rings. The summed E-state index contributed by atoms with van der Waals surface area (Å²) in [4.78, 5) is 0. The molecule has 0 aliphatic rings. The Morgan fingerprint density at radius 3 is 2.25 bits per heavy atom. The molecule has 1 aromatic rings. The van der Waals surface area contributed by atoms with Crippen LogP contribution in [0.15, 0.2) is 10.8 Å². The molecule has 0 amide bonds. The van der Waals surface area contributed by atoms with E-state index >= 15 is 0 Å². The average molecular weight is 115 g/mol. The van der Waals surface area contributed by atoms with Crippen molar-refractivity contribution in [2.75, 3.05) is 0 Å². The van der Waals surface area contributed by atoms with Crippen molar-refractivity contribution in [2.45, 2.75) is 13.8 Å². The first-order valence-electron chi connectivity index (χ1n) is 2.18. The first kappa shape index (κ1) is 7.17. The summed E-state index contributed by atoms with van der Waals surface area (Å²) >= 11 is 0. The Bertz CT molecular complexity index is 143. The largest absolute Gasteiger partial charge is 0.412 e. The number of aromatic nitrogens is 1. The maximum absolute atomic E-state index is 4.59. The number of nitrogens with zero attached hydrogens (tertiary/aromatic N) is 1. The smallest absolute Gasteiger partial charge is 0.126 e. The Balaban J connectivity index is 0.000000490. The zero-order valence-corrected chi connectivity index (χ0v) is 4.93. The number of aryl methyl sites for hydroxylation is 2.